The highest BCUT2D eigenvalue weighted by Crippen LogP contribution is 2.43. The Labute approximate surface area is 222 Å². The standard InChI is InChI=1S/C32H31FN2O3/c1-32(2,3)23-18-25(24-15-9-11-17-28(24)37-4)29(36)26(19-23)30-34-38-31(21-12-6-5-7-13-21)35(30)20-22-14-8-10-16-27(22)33/h5-19,31,36H,20H2,1-4H3. The Morgan fingerprint density at radius 3 is 2.26 bits per heavy atom. The summed E-state index contributed by atoms with van der Waals surface area (Å²) in [6.07, 6.45) is -0.585. The molecular formula is C32H31FN2O3. The molecule has 1 aliphatic rings. The van der Waals surface area contributed by atoms with Crippen molar-refractivity contribution in [3.63, 3.8) is 0 Å². The van der Waals surface area contributed by atoms with Crippen LogP contribution in [0.1, 0.15) is 49.3 Å². The number of halogens is 1. The van der Waals surface area contributed by atoms with Crippen molar-refractivity contribution in [2.24, 2.45) is 5.16 Å². The first-order valence-corrected chi connectivity index (χ1v) is 12.6. The Kier molecular flexibility index (Phi) is 6.81. The molecule has 0 spiro atoms. The number of para-hydroxylation sites is 1. The third-order valence-electron chi connectivity index (χ3n) is 6.79. The van der Waals surface area contributed by atoms with Crippen LogP contribution < -0.4 is 4.74 Å². The Hall–Kier alpha value is -4.32. The fraction of sp³-hybridized carbons (Fsp3) is 0.219. The maximum Gasteiger partial charge on any atom is 0.227 e. The topological polar surface area (TPSA) is 54.3 Å². The van der Waals surface area contributed by atoms with Crippen molar-refractivity contribution in [2.75, 3.05) is 7.11 Å². The number of ether oxygens (including phenoxy) is 1. The van der Waals surface area contributed by atoms with Gasteiger partial charge in [-0.1, -0.05) is 92.7 Å². The Morgan fingerprint density at radius 1 is 0.895 bits per heavy atom. The molecule has 0 aliphatic carbocycles. The Bertz CT molecular complexity index is 1480. The second-order valence-corrected chi connectivity index (χ2v) is 10.4. The van der Waals surface area contributed by atoms with Crippen LogP contribution >= 0.6 is 0 Å². The summed E-state index contributed by atoms with van der Waals surface area (Å²) in [6, 6.07) is 27.9. The Morgan fingerprint density at radius 2 is 1.55 bits per heavy atom. The van der Waals surface area contributed by atoms with Crippen LogP contribution in [0.4, 0.5) is 4.39 Å². The molecule has 0 bridgehead atoms. The van der Waals surface area contributed by atoms with Crippen molar-refractivity contribution in [2.45, 2.75) is 39.0 Å². The van der Waals surface area contributed by atoms with Gasteiger partial charge in [0.15, 0.2) is 5.84 Å². The van der Waals surface area contributed by atoms with Crippen LogP contribution in [0.5, 0.6) is 11.5 Å². The van der Waals surface area contributed by atoms with E-state index in [4.69, 9.17) is 9.57 Å². The number of aromatic hydroxyl groups is 1. The minimum Gasteiger partial charge on any atom is -0.507 e. The number of benzene rings is 4. The Balaban J connectivity index is 1.68. The van der Waals surface area contributed by atoms with Gasteiger partial charge in [-0.05, 0) is 35.2 Å². The largest absolute Gasteiger partial charge is 0.507 e. The molecule has 4 aromatic rings. The van der Waals surface area contributed by atoms with Gasteiger partial charge in [-0.3, -0.25) is 0 Å². The highest BCUT2D eigenvalue weighted by Gasteiger charge is 2.35. The number of oxime groups is 1. The number of phenolic OH excluding ortho intramolecular Hbond substituents is 1. The third kappa shape index (κ3) is 4.82. The molecule has 5 rings (SSSR count). The van der Waals surface area contributed by atoms with Gasteiger partial charge in [0.2, 0.25) is 6.23 Å². The van der Waals surface area contributed by atoms with Gasteiger partial charge in [-0.25, -0.2) is 4.39 Å². The number of rotatable bonds is 6. The minimum absolute atomic E-state index is 0.0529. The lowest BCUT2D eigenvalue weighted by Gasteiger charge is -2.28. The molecule has 4 aromatic carbocycles. The average molecular weight is 511 g/mol. The van der Waals surface area contributed by atoms with Gasteiger partial charge < -0.3 is 19.6 Å². The lowest BCUT2D eigenvalue weighted by Crippen LogP contribution is -2.31. The summed E-state index contributed by atoms with van der Waals surface area (Å²) in [4.78, 5) is 7.85. The summed E-state index contributed by atoms with van der Waals surface area (Å²) in [5.41, 5.74) is 4.05. The normalized spacial score (nSPS) is 15.2. The highest BCUT2D eigenvalue weighted by molar-refractivity contribution is 6.04. The summed E-state index contributed by atoms with van der Waals surface area (Å²) in [7, 11) is 1.61. The molecule has 5 nitrogen and oxygen atoms in total. The first-order valence-electron chi connectivity index (χ1n) is 12.6. The van der Waals surface area contributed by atoms with Crippen molar-refractivity contribution in [3.05, 3.63) is 119 Å². The van der Waals surface area contributed by atoms with E-state index in [1.54, 1.807) is 25.3 Å². The van der Waals surface area contributed by atoms with Crippen LogP contribution in [-0.4, -0.2) is 23.0 Å². The molecular weight excluding hydrogens is 479 g/mol. The molecule has 1 N–H and O–H groups in total. The molecule has 0 saturated carbocycles. The van der Waals surface area contributed by atoms with Gasteiger partial charge in [-0.15, -0.1) is 0 Å². The molecule has 0 aromatic heterocycles. The molecule has 38 heavy (non-hydrogen) atoms. The van der Waals surface area contributed by atoms with Gasteiger partial charge in [0, 0.05) is 22.3 Å². The van der Waals surface area contributed by atoms with E-state index >= 15 is 0 Å². The number of phenols is 1. The number of amidine groups is 1. The average Bonchev–Trinajstić information content (AvgIpc) is 3.33. The predicted octanol–water partition coefficient (Wildman–Crippen LogP) is 7.40. The lowest BCUT2D eigenvalue weighted by molar-refractivity contribution is 0.00550. The number of hydrogen-bond donors (Lipinski definition) is 1. The zero-order valence-electron chi connectivity index (χ0n) is 22.0. The van der Waals surface area contributed by atoms with Gasteiger partial charge in [0.05, 0.1) is 19.2 Å². The quantitative estimate of drug-likeness (QED) is 0.294. The van der Waals surface area contributed by atoms with Gasteiger partial charge in [-0.2, -0.15) is 0 Å². The van der Waals surface area contributed by atoms with Gasteiger partial charge in [0.1, 0.15) is 17.3 Å². The predicted molar refractivity (Wildman–Crippen MR) is 148 cm³/mol. The van der Waals surface area contributed by atoms with Crippen molar-refractivity contribution < 1.29 is 19.1 Å². The van der Waals surface area contributed by atoms with Crippen LogP contribution in [0.3, 0.4) is 0 Å². The lowest BCUT2D eigenvalue weighted by atomic mass is 9.83. The van der Waals surface area contributed by atoms with Crippen molar-refractivity contribution in [3.8, 4) is 22.6 Å². The molecule has 0 radical (unpaired) electrons. The summed E-state index contributed by atoms with van der Waals surface area (Å²) in [5.74, 6) is 0.821. The third-order valence-corrected chi connectivity index (χ3v) is 6.79. The van der Waals surface area contributed by atoms with Crippen LogP contribution in [0.2, 0.25) is 0 Å². The van der Waals surface area contributed by atoms with Crippen LogP contribution in [0.25, 0.3) is 11.1 Å². The van der Waals surface area contributed by atoms with Crippen LogP contribution in [-0.2, 0) is 16.8 Å². The van der Waals surface area contributed by atoms with Crippen LogP contribution in [0.15, 0.2) is 96.2 Å². The molecule has 6 heteroatoms. The SMILES string of the molecule is COc1ccccc1-c1cc(C(C)(C)C)cc(C2=NOC(c3ccccc3)N2Cc2ccccc2F)c1O. The van der Waals surface area contributed by atoms with Crippen LogP contribution in [0, 0.1) is 5.82 Å². The highest BCUT2D eigenvalue weighted by atomic mass is 19.1. The molecule has 1 atom stereocenters. The number of nitrogens with zero attached hydrogens (tertiary/aromatic N) is 2. The molecule has 194 valence electrons. The van der Waals surface area contributed by atoms with Crippen molar-refractivity contribution in [1.29, 1.82) is 0 Å². The fourth-order valence-electron chi connectivity index (χ4n) is 4.66. The van der Waals surface area contributed by atoms with Crippen molar-refractivity contribution in [1.82, 2.24) is 4.90 Å². The molecule has 1 unspecified atom stereocenters. The first kappa shape index (κ1) is 25.3. The summed E-state index contributed by atoms with van der Waals surface area (Å²) >= 11 is 0. The molecule has 0 fully saturated rings. The molecule has 0 amide bonds. The monoisotopic (exact) mass is 510 g/mol. The molecule has 1 heterocycles. The minimum atomic E-state index is -0.585. The van der Waals surface area contributed by atoms with E-state index in [9.17, 15) is 9.50 Å². The van der Waals surface area contributed by atoms with E-state index in [0.717, 1.165) is 16.7 Å². The van der Waals surface area contributed by atoms with E-state index in [0.29, 0.717) is 28.3 Å². The van der Waals surface area contributed by atoms with E-state index in [1.165, 1.54) is 6.07 Å². The maximum atomic E-state index is 14.8. The first-order chi connectivity index (χ1) is 18.3. The summed E-state index contributed by atoms with van der Waals surface area (Å²) in [6.45, 7) is 6.55. The maximum absolute atomic E-state index is 14.8. The van der Waals surface area contributed by atoms with E-state index in [2.05, 4.69) is 25.9 Å². The van der Waals surface area contributed by atoms with E-state index in [-0.39, 0.29) is 23.5 Å². The zero-order chi connectivity index (χ0) is 26.9. The zero-order valence-corrected chi connectivity index (χ0v) is 22.0. The second-order valence-electron chi connectivity index (χ2n) is 10.4. The van der Waals surface area contributed by atoms with Gasteiger partial charge >= 0.3 is 0 Å². The number of hydrogen-bond acceptors (Lipinski definition) is 5. The fourth-order valence-corrected chi connectivity index (χ4v) is 4.66. The van der Waals surface area contributed by atoms with E-state index in [1.807, 2.05) is 71.6 Å². The molecule has 1 aliphatic heterocycles. The second kappa shape index (κ2) is 10.2. The van der Waals surface area contributed by atoms with Crippen molar-refractivity contribution >= 4 is 5.84 Å². The number of methoxy groups -OCH3 is 1. The van der Waals surface area contributed by atoms with Gasteiger partial charge in [0.25, 0.3) is 0 Å². The van der Waals surface area contributed by atoms with E-state index < -0.39 is 6.23 Å². The molecule has 0 saturated heterocycles. The summed E-state index contributed by atoms with van der Waals surface area (Å²) in [5, 5.41) is 16.2. The smallest absolute Gasteiger partial charge is 0.227 e. The summed E-state index contributed by atoms with van der Waals surface area (Å²) < 4.78 is 20.4.